The molecule has 1 amide bonds. The fourth-order valence-electron chi connectivity index (χ4n) is 1.50. The summed E-state index contributed by atoms with van der Waals surface area (Å²) in [6, 6.07) is 9.10. The molecule has 3 N–H and O–H groups in total. The number of hydrogen-bond acceptors (Lipinski definition) is 3. The molecule has 4 heteroatoms. The van der Waals surface area contributed by atoms with Crippen LogP contribution in [-0.2, 0) is 4.79 Å². The maximum atomic E-state index is 11.4. The third kappa shape index (κ3) is 4.54. The number of benzene rings is 1. The molecular formula is C13H20N2O2. The van der Waals surface area contributed by atoms with Crippen LogP contribution in [0.25, 0.3) is 0 Å². The molecule has 4 nitrogen and oxygen atoms in total. The third-order valence-electron chi connectivity index (χ3n) is 2.55. The van der Waals surface area contributed by atoms with Gasteiger partial charge in [-0.2, -0.15) is 0 Å². The van der Waals surface area contributed by atoms with Crippen LogP contribution in [0.2, 0.25) is 0 Å². The van der Waals surface area contributed by atoms with Crippen molar-refractivity contribution >= 4 is 5.91 Å². The van der Waals surface area contributed by atoms with Crippen molar-refractivity contribution in [2.24, 2.45) is 0 Å². The number of carbonyl (C=O) groups is 1. The van der Waals surface area contributed by atoms with E-state index in [2.05, 4.69) is 10.6 Å². The van der Waals surface area contributed by atoms with E-state index < -0.39 is 6.10 Å². The van der Waals surface area contributed by atoms with Gasteiger partial charge >= 0.3 is 0 Å². The van der Waals surface area contributed by atoms with Gasteiger partial charge in [0.15, 0.2) is 0 Å². The van der Waals surface area contributed by atoms with Crippen molar-refractivity contribution in [3.8, 4) is 0 Å². The Morgan fingerprint density at radius 3 is 2.59 bits per heavy atom. The number of aliphatic hydroxyl groups is 1. The molecule has 1 rings (SSSR count). The Kier molecular flexibility index (Phi) is 5.66. The number of likely N-dealkylation sites (N-methyl/N-ethyl adjacent to an activating group) is 1. The molecule has 0 radical (unpaired) electrons. The van der Waals surface area contributed by atoms with Crippen molar-refractivity contribution in [2.75, 3.05) is 13.1 Å². The van der Waals surface area contributed by atoms with Gasteiger partial charge in [-0.15, -0.1) is 0 Å². The van der Waals surface area contributed by atoms with Crippen molar-refractivity contribution in [1.82, 2.24) is 10.6 Å². The summed E-state index contributed by atoms with van der Waals surface area (Å²) < 4.78 is 0. The van der Waals surface area contributed by atoms with Crippen LogP contribution in [0.4, 0.5) is 0 Å². The molecule has 1 aromatic carbocycles. The summed E-state index contributed by atoms with van der Waals surface area (Å²) in [5, 5.41) is 15.6. The Morgan fingerprint density at radius 1 is 1.35 bits per heavy atom. The summed E-state index contributed by atoms with van der Waals surface area (Å²) in [7, 11) is 0. The number of aliphatic hydroxyl groups excluding tert-OH is 1. The van der Waals surface area contributed by atoms with Gasteiger partial charge in [0.25, 0.3) is 0 Å². The van der Waals surface area contributed by atoms with Gasteiger partial charge in [-0.05, 0) is 19.4 Å². The highest BCUT2D eigenvalue weighted by Crippen LogP contribution is 2.10. The van der Waals surface area contributed by atoms with Crippen molar-refractivity contribution < 1.29 is 9.90 Å². The van der Waals surface area contributed by atoms with Gasteiger partial charge in [0.1, 0.15) is 0 Å². The fraction of sp³-hybridized carbons (Fsp3) is 0.462. The number of carbonyl (C=O) groups excluding carboxylic acids is 1. The molecule has 0 aliphatic rings. The van der Waals surface area contributed by atoms with Gasteiger partial charge in [-0.3, -0.25) is 4.79 Å². The first kappa shape index (κ1) is 13.7. The van der Waals surface area contributed by atoms with Crippen molar-refractivity contribution in [3.63, 3.8) is 0 Å². The topological polar surface area (TPSA) is 61.4 Å². The Balaban J connectivity index is 2.38. The molecule has 1 aromatic rings. The lowest BCUT2D eigenvalue weighted by atomic mass is 10.1. The van der Waals surface area contributed by atoms with Gasteiger partial charge in [-0.25, -0.2) is 0 Å². The zero-order valence-electron chi connectivity index (χ0n) is 10.3. The monoisotopic (exact) mass is 236 g/mol. The smallest absolute Gasteiger partial charge is 0.236 e. The van der Waals surface area contributed by atoms with Gasteiger partial charge < -0.3 is 15.7 Å². The lowest BCUT2D eigenvalue weighted by Crippen LogP contribution is -2.43. The van der Waals surface area contributed by atoms with Crippen molar-refractivity contribution in [1.29, 1.82) is 0 Å². The highest BCUT2D eigenvalue weighted by Gasteiger charge is 2.13. The first-order chi connectivity index (χ1) is 8.15. The minimum Gasteiger partial charge on any atom is -0.387 e. The molecule has 0 heterocycles. The molecule has 0 spiro atoms. The number of amides is 1. The molecular weight excluding hydrogens is 216 g/mol. The van der Waals surface area contributed by atoms with E-state index in [-0.39, 0.29) is 11.9 Å². The summed E-state index contributed by atoms with van der Waals surface area (Å²) in [4.78, 5) is 11.4. The molecule has 0 fully saturated rings. The zero-order chi connectivity index (χ0) is 12.7. The van der Waals surface area contributed by atoms with Crippen molar-refractivity contribution in [3.05, 3.63) is 35.9 Å². The fourth-order valence-corrected chi connectivity index (χ4v) is 1.50. The zero-order valence-corrected chi connectivity index (χ0v) is 10.3. The van der Waals surface area contributed by atoms with Crippen LogP contribution >= 0.6 is 0 Å². The summed E-state index contributed by atoms with van der Waals surface area (Å²) in [6.45, 7) is 4.64. The Hall–Kier alpha value is -1.39. The predicted molar refractivity (Wildman–Crippen MR) is 67.6 cm³/mol. The van der Waals surface area contributed by atoms with E-state index in [0.29, 0.717) is 13.1 Å². The van der Waals surface area contributed by atoms with E-state index in [1.807, 2.05) is 37.3 Å². The standard InChI is InChI=1S/C13H20N2O2/c1-3-14-13(17)10(2)15-9-12(16)11-7-5-4-6-8-11/h4-8,10,12,15-16H,3,9H2,1-2H3,(H,14,17). The van der Waals surface area contributed by atoms with Gasteiger partial charge in [0, 0.05) is 13.1 Å². The van der Waals surface area contributed by atoms with E-state index in [9.17, 15) is 9.90 Å². The average Bonchev–Trinajstić information content (AvgIpc) is 2.36. The van der Waals surface area contributed by atoms with E-state index in [4.69, 9.17) is 0 Å². The van der Waals surface area contributed by atoms with Crippen LogP contribution in [0.1, 0.15) is 25.5 Å². The minimum absolute atomic E-state index is 0.0484. The molecule has 2 atom stereocenters. The molecule has 94 valence electrons. The highest BCUT2D eigenvalue weighted by atomic mass is 16.3. The molecule has 0 aliphatic heterocycles. The first-order valence-electron chi connectivity index (χ1n) is 5.89. The van der Waals surface area contributed by atoms with E-state index in [0.717, 1.165) is 5.56 Å². The van der Waals surface area contributed by atoms with Crippen LogP contribution in [0.15, 0.2) is 30.3 Å². The Labute approximate surface area is 102 Å². The maximum Gasteiger partial charge on any atom is 0.236 e. The van der Waals surface area contributed by atoms with Crippen LogP contribution in [-0.4, -0.2) is 30.1 Å². The third-order valence-corrected chi connectivity index (χ3v) is 2.55. The molecule has 2 unspecified atom stereocenters. The van der Waals surface area contributed by atoms with Gasteiger partial charge in [-0.1, -0.05) is 30.3 Å². The molecule has 0 aromatic heterocycles. The lowest BCUT2D eigenvalue weighted by Gasteiger charge is -2.16. The quantitative estimate of drug-likeness (QED) is 0.685. The summed E-state index contributed by atoms with van der Waals surface area (Å²) in [5.74, 6) is -0.0484. The molecule has 0 aliphatic carbocycles. The SMILES string of the molecule is CCNC(=O)C(C)NCC(O)c1ccccc1. The molecule has 17 heavy (non-hydrogen) atoms. The second-order valence-corrected chi connectivity index (χ2v) is 3.95. The first-order valence-corrected chi connectivity index (χ1v) is 5.89. The number of nitrogens with one attached hydrogen (secondary N) is 2. The van der Waals surface area contributed by atoms with E-state index in [1.54, 1.807) is 6.92 Å². The average molecular weight is 236 g/mol. The van der Waals surface area contributed by atoms with Gasteiger partial charge in [0.05, 0.1) is 12.1 Å². The maximum absolute atomic E-state index is 11.4. The van der Waals surface area contributed by atoms with Crippen LogP contribution in [0.5, 0.6) is 0 Å². The number of hydrogen-bond donors (Lipinski definition) is 3. The van der Waals surface area contributed by atoms with E-state index in [1.165, 1.54) is 0 Å². The predicted octanol–water partition coefficient (Wildman–Crippen LogP) is 0.834. The highest BCUT2D eigenvalue weighted by molar-refractivity contribution is 5.81. The second kappa shape index (κ2) is 7.04. The van der Waals surface area contributed by atoms with Crippen LogP contribution in [0, 0.1) is 0 Å². The minimum atomic E-state index is -0.590. The van der Waals surface area contributed by atoms with Gasteiger partial charge in [0.2, 0.25) is 5.91 Å². The van der Waals surface area contributed by atoms with Crippen LogP contribution in [0.3, 0.4) is 0 Å². The van der Waals surface area contributed by atoms with Crippen LogP contribution < -0.4 is 10.6 Å². The molecule has 0 bridgehead atoms. The van der Waals surface area contributed by atoms with E-state index >= 15 is 0 Å². The summed E-state index contributed by atoms with van der Waals surface area (Å²) >= 11 is 0. The Bertz CT molecular complexity index is 341. The van der Waals surface area contributed by atoms with Crippen molar-refractivity contribution in [2.45, 2.75) is 26.0 Å². The lowest BCUT2D eigenvalue weighted by molar-refractivity contribution is -0.122. The normalized spacial score (nSPS) is 14.1. The Morgan fingerprint density at radius 2 is 2.00 bits per heavy atom. The largest absolute Gasteiger partial charge is 0.387 e. The second-order valence-electron chi connectivity index (χ2n) is 3.95. The molecule has 0 saturated carbocycles. The number of rotatable bonds is 6. The summed E-state index contributed by atoms with van der Waals surface area (Å²) in [5.41, 5.74) is 0.850. The summed E-state index contributed by atoms with van der Waals surface area (Å²) in [6.07, 6.45) is -0.590. The molecule has 0 saturated heterocycles.